The van der Waals surface area contributed by atoms with Gasteiger partial charge in [-0.1, -0.05) is 6.07 Å². The van der Waals surface area contributed by atoms with Gasteiger partial charge in [0.15, 0.2) is 0 Å². The van der Waals surface area contributed by atoms with Crippen molar-refractivity contribution < 1.29 is 9.53 Å². The zero-order valence-electron chi connectivity index (χ0n) is 14.2. The summed E-state index contributed by atoms with van der Waals surface area (Å²) in [6, 6.07) is 4.60. The van der Waals surface area contributed by atoms with Crippen LogP contribution in [0.25, 0.3) is 0 Å². The second kappa shape index (κ2) is 6.74. The van der Waals surface area contributed by atoms with Gasteiger partial charge in [0, 0.05) is 38.4 Å². The van der Waals surface area contributed by atoms with Crippen LogP contribution in [0.2, 0.25) is 0 Å². The van der Waals surface area contributed by atoms with E-state index in [-0.39, 0.29) is 12.2 Å². The van der Waals surface area contributed by atoms with Gasteiger partial charge in [0.05, 0.1) is 13.1 Å². The van der Waals surface area contributed by atoms with Crippen LogP contribution in [0.5, 0.6) is 0 Å². The molecule has 0 radical (unpaired) electrons. The van der Waals surface area contributed by atoms with E-state index in [1.807, 2.05) is 24.1 Å². The number of anilines is 1. The molecule has 0 aliphatic carbocycles. The third-order valence-electron chi connectivity index (χ3n) is 4.64. The highest BCUT2D eigenvalue weighted by molar-refractivity contribution is 5.68. The average molecular weight is 318 g/mol. The van der Waals surface area contributed by atoms with Gasteiger partial charge >= 0.3 is 6.09 Å². The number of nitrogens with zero attached hydrogens (tertiary/aromatic N) is 4. The van der Waals surface area contributed by atoms with Gasteiger partial charge in [0.25, 0.3) is 0 Å². The maximum absolute atomic E-state index is 12.2. The van der Waals surface area contributed by atoms with Crippen molar-refractivity contribution in [2.24, 2.45) is 0 Å². The van der Waals surface area contributed by atoms with Crippen molar-refractivity contribution in [3.8, 4) is 0 Å². The molecular weight excluding hydrogens is 292 g/mol. The van der Waals surface area contributed by atoms with E-state index in [4.69, 9.17) is 4.74 Å². The Morgan fingerprint density at radius 1 is 1.22 bits per heavy atom. The molecule has 3 heterocycles. The quantitative estimate of drug-likeness (QED) is 0.850. The Kier molecular flexibility index (Phi) is 4.71. The van der Waals surface area contributed by atoms with Gasteiger partial charge < -0.3 is 14.5 Å². The maximum Gasteiger partial charge on any atom is 0.410 e. The summed E-state index contributed by atoms with van der Waals surface area (Å²) in [5.74, 6) is 0.952. The summed E-state index contributed by atoms with van der Waals surface area (Å²) in [5.41, 5.74) is 1.15. The maximum atomic E-state index is 12.2. The number of amides is 1. The van der Waals surface area contributed by atoms with Crippen LogP contribution in [-0.4, -0.2) is 72.3 Å². The number of ether oxygens (including phenoxy) is 1. The Labute approximate surface area is 138 Å². The number of pyridine rings is 1. The number of hydrogen-bond acceptors (Lipinski definition) is 5. The predicted molar refractivity (Wildman–Crippen MR) is 89.7 cm³/mol. The van der Waals surface area contributed by atoms with Gasteiger partial charge in [-0.3, -0.25) is 4.90 Å². The molecule has 1 amide bonds. The third-order valence-corrected chi connectivity index (χ3v) is 4.64. The lowest BCUT2D eigenvalue weighted by molar-refractivity contribution is 0.0322. The summed E-state index contributed by atoms with van der Waals surface area (Å²) in [4.78, 5) is 23.0. The van der Waals surface area contributed by atoms with Crippen LogP contribution in [0, 0.1) is 6.92 Å². The molecule has 0 saturated carbocycles. The number of aryl methyl sites for hydroxylation is 1. The van der Waals surface area contributed by atoms with E-state index in [1.165, 1.54) is 0 Å². The minimum atomic E-state index is -0.171. The highest BCUT2D eigenvalue weighted by Gasteiger charge is 2.33. The van der Waals surface area contributed by atoms with Crippen molar-refractivity contribution in [2.45, 2.75) is 32.9 Å². The van der Waals surface area contributed by atoms with Crippen LogP contribution in [0.1, 0.15) is 19.4 Å². The van der Waals surface area contributed by atoms with Crippen molar-refractivity contribution in [1.29, 1.82) is 0 Å². The molecule has 1 aromatic heterocycles. The molecule has 0 atom stereocenters. The topological polar surface area (TPSA) is 48.9 Å². The normalized spacial score (nSPS) is 19.8. The standard InChI is InChI=1S/C17H26N4O2/c1-13(2)19-6-8-20(9-7-19)17(22)23-15-11-21(12-15)16-5-4-14(3)10-18-16/h4-5,10,13,15H,6-9,11-12H2,1-3H3. The molecule has 6 nitrogen and oxygen atoms in total. The minimum Gasteiger partial charge on any atom is -0.442 e. The van der Waals surface area contributed by atoms with Crippen LogP contribution in [-0.2, 0) is 4.74 Å². The number of carbonyl (C=O) groups is 1. The summed E-state index contributed by atoms with van der Waals surface area (Å²) >= 11 is 0. The molecule has 0 aromatic carbocycles. The molecule has 2 saturated heterocycles. The molecule has 2 fully saturated rings. The highest BCUT2D eigenvalue weighted by atomic mass is 16.6. The fourth-order valence-electron chi connectivity index (χ4n) is 2.98. The molecule has 23 heavy (non-hydrogen) atoms. The first-order valence-corrected chi connectivity index (χ1v) is 8.40. The first-order valence-electron chi connectivity index (χ1n) is 8.40. The summed E-state index contributed by atoms with van der Waals surface area (Å²) in [7, 11) is 0. The van der Waals surface area contributed by atoms with Gasteiger partial charge in [-0.15, -0.1) is 0 Å². The summed E-state index contributed by atoms with van der Waals surface area (Å²) in [6.45, 7) is 11.2. The Hall–Kier alpha value is -1.82. The van der Waals surface area contributed by atoms with Crippen LogP contribution >= 0.6 is 0 Å². The van der Waals surface area contributed by atoms with Gasteiger partial charge in [-0.05, 0) is 32.4 Å². The van der Waals surface area contributed by atoms with E-state index in [2.05, 4.69) is 34.7 Å². The monoisotopic (exact) mass is 318 g/mol. The number of hydrogen-bond donors (Lipinski definition) is 0. The Bertz CT molecular complexity index is 532. The lowest BCUT2D eigenvalue weighted by atomic mass is 10.1. The van der Waals surface area contributed by atoms with Crippen LogP contribution in [0.4, 0.5) is 10.6 Å². The Morgan fingerprint density at radius 2 is 1.91 bits per heavy atom. The van der Waals surface area contributed by atoms with E-state index in [9.17, 15) is 4.79 Å². The van der Waals surface area contributed by atoms with Gasteiger partial charge in [0.2, 0.25) is 0 Å². The highest BCUT2D eigenvalue weighted by Crippen LogP contribution is 2.21. The number of piperazine rings is 1. The second-order valence-electron chi connectivity index (χ2n) is 6.72. The number of carbonyl (C=O) groups excluding carboxylic acids is 1. The van der Waals surface area contributed by atoms with Crippen molar-refractivity contribution in [3.05, 3.63) is 23.9 Å². The molecule has 0 spiro atoms. The fraction of sp³-hybridized carbons (Fsp3) is 0.647. The largest absolute Gasteiger partial charge is 0.442 e. The predicted octanol–water partition coefficient (Wildman–Crippen LogP) is 1.74. The first-order chi connectivity index (χ1) is 11.0. The van der Waals surface area contributed by atoms with E-state index < -0.39 is 0 Å². The molecule has 2 aliphatic rings. The molecule has 6 heteroatoms. The molecule has 1 aromatic rings. The molecule has 0 unspecified atom stereocenters. The van der Waals surface area contributed by atoms with Crippen molar-refractivity contribution >= 4 is 11.9 Å². The molecular formula is C17H26N4O2. The summed E-state index contributed by atoms with van der Waals surface area (Å²) in [6.07, 6.45) is 1.67. The third kappa shape index (κ3) is 3.75. The SMILES string of the molecule is Cc1ccc(N2CC(OC(=O)N3CCN(C(C)C)CC3)C2)nc1. The molecule has 0 bridgehead atoms. The fourth-order valence-corrected chi connectivity index (χ4v) is 2.98. The van der Waals surface area contributed by atoms with Crippen LogP contribution in [0.3, 0.4) is 0 Å². The smallest absolute Gasteiger partial charge is 0.410 e. The number of rotatable bonds is 3. The first kappa shape index (κ1) is 16.1. The zero-order chi connectivity index (χ0) is 16.4. The van der Waals surface area contributed by atoms with Crippen molar-refractivity contribution in [1.82, 2.24) is 14.8 Å². The summed E-state index contributed by atoms with van der Waals surface area (Å²) < 4.78 is 5.60. The molecule has 3 rings (SSSR count). The van der Waals surface area contributed by atoms with E-state index in [1.54, 1.807) is 0 Å². The second-order valence-corrected chi connectivity index (χ2v) is 6.72. The van der Waals surface area contributed by atoms with Gasteiger partial charge in [-0.2, -0.15) is 0 Å². The van der Waals surface area contributed by atoms with Gasteiger partial charge in [-0.25, -0.2) is 9.78 Å². The van der Waals surface area contributed by atoms with Crippen molar-refractivity contribution in [2.75, 3.05) is 44.2 Å². The van der Waals surface area contributed by atoms with Gasteiger partial charge in [0.1, 0.15) is 11.9 Å². The molecule has 126 valence electrons. The average Bonchev–Trinajstić information content (AvgIpc) is 2.51. The Morgan fingerprint density at radius 3 is 2.48 bits per heavy atom. The van der Waals surface area contributed by atoms with E-state index >= 15 is 0 Å². The summed E-state index contributed by atoms with van der Waals surface area (Å²) in [5, 5.41) is 0. The van der Waals surface area contributed by atoms with Crippen LogP contribution in [0.15, 0.2) is 18.3 Å². The van der Waals surface area contributed by atoms with E-state index in [0.29, 0.717) is 6.04 Å². The lowest BCUT2D eigenvalue weighted by Gasteiger charge is -2.41. The molecule has 2 aliphatic heterocycles. The van der Waals surface area contributed by atoms with E-state index in [0.717, 1.165) is 50.6 Å². The lowest BCUT2D eigenvalue weighted by Crippen LogP contribution is -2.56. The number of aromatic nitrogens is 1. The zero-order valence-corrected chi connectivity index (χ0v) is 14.2. The molecule has 0 N–H and O–H groups in total. The van der Waals surface area contributed by atoms with Crippen molar-refractivity contribution in [3.63, 3.8) is 0 Å². The Balaban J connectivity index is 1.41. The minimum absolute atomic E-state index is 0.0197. The van der Waals surface area contributed by atoms with Crippen LogP contribution < -0.4 is 4.90 Å².